The first-order valence-corrected chi connectivity index (χ1v) is 8.63. The van der Waals surface area contributed by atoms with Crippen LogP contribution in [0.15, 0.2) is 22.9 Å². The van der Waals surface area contributed by atoms with Gasteiger partial charge in [0.15, 0.2) is 0 Å². The lowest BCUT2D eigenvalue weighted by molar-refractivity contribution is -0.135. The molecule has 6 heteroatoms. The van der Waals surface area contributed by atoms with E-state index in [4.69, 9.17) is 0 Å². The van der Waals surface area contributed by atoms with Crippen LogP contribution in [0.25, 0.3) is 0 Å². The Balaban J connectivity index is 1.57. The molecule has 2 aliphatic rings. The van der Waals surface area contributed by atoms with E-state index in [2.05, 4.69) is 20.9 Å². The molecule has 2 fully saturated rings. The highest BCUT2D eigenvalue weighted by molar-refractivity contribution is 9.10. The van der Waals surface area contributed by atoms with E-state index in [-0.39, 0.29) is 17.7 Å². The molecule has 0 aromatic carbocycles. The summed E-state index contributed by atoms with van der Waals surface area (Å²) < 4.78 is 0.803. The summed E-state index contributed by atoms with van der Waals surface area (Å²) in [7, 11) is 0. The SMILES string of the molecule is O=C(c1cncc(Br)c1)N1CCC(C(=O)N2CCCC2)CC1. The highest BCUT2D eigenvalue weighted by atomic mass is 79.9. The van der Waals surface area contributed by atoms with Crippen molar-refractivity contribution >= 4 is 27.7 Å². The van der Waals surface area contributed by atoms with Gasteiger partial charge in [0.1, 0.15) is 0 Å². The van der Waals surface area contributed by atoms with Gasteiger partial charge in [0, 0.05) is 49.0 Å². The first-order valence-electron chi connectivity index (χ1n) is 7.84. The average molecular weight is 366 g/mol. The standard InChI is InChI=1S/C16H20BrN3O2/c17-14-9-13(10-18-11-14)16(22)20-7-3-12(4-8-20)15(21)19-5-1-2-6-19/h9-12H,1-8H2. The Kier molecular flexibility index (Phi) is 4.76. The number of halogens is 1. The molecule has 2 saturated heterocycles. The van der Waals surface area contributed by atoms with Crippen molar-refractivity contribution in [2.24, 2.45) is 5.92 Å². The molecular formula is C16H20BrN3O2. The zero-order valence-corrected chi connectivity index (χ0v) is 14.1. The van der Waals surface area contributed by atoms with Crippen LogP contribution >= 0.6 is 15.9 Å². The van der Waals surface area contributed by atoms with Crippen LogP contribution in [0, 0.1) is 5.92 Å². The van der Waals surface area contributed by atoms with E-state index in [0.717, 1.165) is 43.2 Å². The van der Waals surface area contributed by atoms with Crippen molar-refractivity contribution in [3.05, 3.63) is 28.5 Å². The fraction of sp³-hybridized carbons (Fsp3) is 0.562. The number of nitrogens with zero attached hydrogens (tertiary/aromatic N) is 3. The molecule has 118 valence electrons. The third-order valence-corrected chi connectivity index (χ3v) is 4.93. The minimum Gasteiger partial charge on any atom is -0.342 e. The summed E-state index contributed by atoms with van der Waals surface area (Å²) in [5.41, 5.74) is 0.596. The highest BCUT2D eigenvalue weighted by Gasteiger charge is 2.31. The van der Waals surface area contributed by atoms with Crippen molar-refractivity contribution in [2.45, 2.75) is 25.7 Å². The van der Waals surface area contributed by atoms with Crippen LogP contribution in [-0.2, 0) is 4.79 Å². The number of rotatable bonds is 2. The molecule has 0 bridgehead atoms. The number of pyridine rings is 1. The summed E-state index contributed by atoms with van der Waals surface area (Å²) in [6.07, 6.45) is 7.04. The second kappa shape index (κ2) is 6.77. The molecule has 5 nitrogen and oxygen atoms in total. The van der Waals surface area contributed by atoms with Gasteiger partial charge in [0.05, 0.1) is 5.56 Å². The Hall–Kier alpha value is -1.43. The first-order chi connectivity index (χ1) is 10.6. The van der Waals surface area contributed by atoms with E-state index < -0.39 is 0 Å². The molecule has 0 spiro atoms. The molecule has 0 radical (unpaired) electrons. The Morgan fingerprint density at radius 3 is 2.36 bits per heavy atom. The third kappa shape index (κ3) is 3.32. The van der Waals surface area contributed by atoms with E-state index in [9.17, 15) is 9.59 Å². The van der Waals surface area contributed by atoms with Crippen LogP contribution in [0.2, 0.25) is 0 Å². The average Bonchev–Trinajstić information content (AvgIpc) is 3.08. The van der Waals surface area contributed by atoms with Gasteiger partial charge in [0.2, 0.25) is 5.91 Å². The quantitative estimate of drug-likeness (QED) is 0.807. The lowest BCUT2D eigenvalue weighted by Gasteiger charge is -2.33. The molecule has 2 aliphatic heterocycles. The summed E-state index contributed by atoms with van der Waals surface area (Å²) in [4.78, 5) is 32.7. The van der Waals surface area contributed by atoms with Crippen LogP contribution in [0.5, 0.6) is 0 Å². The second-order valence-corrected chi connectivity index (χ2v) is 6.91. The number of piperidine rings is 1. The summed E-state index contributed by atoms with van der Waals surface area (Å²) in [6, 6.07) is 1.79. The van der Waals surface area contributed by atoms with E-state index in [1.165, 1.54) is 0 Å². The number of carbonyl (C=O) groups excluding carboxylic acids is 2. The highest BCUT2D eigenvalue weighted by Crippen LogP contribution is 2.23. The molecule has 0 N–H and O–H groups in total. The maximum atomic E-state index is 12.5. The maximum Gasteiger partial charge on any atom is 0.255 e. The van der Waals surface area contributed by atoms with Crippen molar-refractivity contribution in [3.63, 3.8) is 0 Å². The van der Waals surface area contributed by atoms with Crippen LogP contribution in [0.4, 0.5) is 0 Å². The molecule has 1 aromatic rings. The number of aromatic nitrogens is 1. The van der Waals surface area contributed by atoms with Gasteiger partial charge in [-0.3, -0.25) is 14.6 Å². The van der Waals surface area contributed by atoms with Crippen molar-refractivity contribution in [3.8, 4) is 0 Å². The van der Waals surface area contributed by atoms with E-state index in [1.807, 2.05) is 9.80 Å². The fourth-order valence-corrected chi connectivity index (χ4v) is 3.60. The van der Waals surface area contributed by atoms with Gasteiger partial charge in [0.25, 0.3) is 5.91 Å². The summed E-state index contributed by atoms with van der Waals surface area (Å²) in [6.45, 7) is 3.11. The third-order valence-electron chi connectivity index (χ3n) is 4.50. The van der Waals surface area contributed by atoms with Gasteiger partial charge in [-0.1, -0.05) is 0 Å². The zero-order chi connectivity index (χ0) is 15.5. The minimum absolute atomic E-state index is 0.000807. The second-order valence-electron chi connectivity index (χ2n) is 5.99. The largest absolute Gasteiger partial charge is 0.342 e. The van der Waals surface area contributed by atoms with Gasteiger partial charge in [-0.25, -0.2) is 0 Å². The molecule has 0 atom stereocenters. The number of hydrogen-bond donors (Lipinski definition) is 0. The van der Waals surface area contributed by atoms with E-state index in [0.29, 0.717) is 18.7 Å². The summed E-state index contributed by atoms with van der Waals surface area (Å²) in [5.74, 6) is 0.373. The smallest absolute Gasteiger partial charge is 0.255 e. The first kappa shape index (κ1) is 15.5. The van der Waals surface area contributed by atoms with E-state index in [1.54, 1.807) is 18.5 Å². The van der Waals surface area contributed by atoms with Gasteiger partial charge in [-0.15, -0.1) is 0 Å². The van der Waals surface area contributed by atoms with Gasteiger partial charge < -0.3 is 9.80 Å². The Labute approximate surface area is 138 Å². The molecule has 3 heterocycles. The fourth-order valence-electron chi connectivity index (χ4n) is 3.24. The van der Waals surface area contributed by atoms with Crippen molar-refractivity contribution in [1.29, 1.82) is 0 Å². The molecule has 0 aliphatic carbocycles. The number of hydrogen-bond acceptors (Lipinski definition) is 3. The maximum absolute atomic E-state index is 12.5. The van der Waals surface area contributed by atoms with Crippen molar-refractivity contribution in [1.82, 2.24) is 14.8 Å². The van der Waals surface area contributed by atoms with Crippen LogP contribution in [0.1, 0.15) is 36.0 Å². The number of likely N-dealkylation sites (tertiary alicyclic amines) is 2. The zero-order valence-electron chi connectivity index (χ0n) is 12.5. The summed E-state index contributed by atoms with van der Waals surface area (Å²) in [5, 5.41) is 0. The Morgan fingerprint density at radius 2 is 1.73 bits per heavy atom. The lowest BCUT2D eigenvalue weighted by Crippen LogP contribution is -2.43. The van der Waals surface area contributed by atoms with Gasteiger partial charge in [-0.2, -0.15) is 0 Å². The van der Waals surface area contributed by atoms with Crippen molar-refractivity contribution in [2.75, 3.05) is 26.2 Å². The van der Waals surface area contributed by atoms with Crippen LogP contribution < -0.4 is 0 Å². The number of amides is 2. The van der Waals surface area contributed by atoms with Gasteiger partial charge >= 0.3 is 0 Å². The molecule has 2 amide bonds. The predicted octanol–water partition coefficient (Wildman–Crippen LogP) is 2.32. The topological polar surface area (TPSA) is 53.5 Å². The van der Waals surface area contributed by atoms with Crippen LogP contribution in [0.3, 0.4) is 0 Å². The summed E-state index contributed by atoms with van der Waals surface area (Å²) >= 11 is 3.34. The lowest BCUT2D eigenvalue weighted by atomic mass is 9.95. The predicted molar refractivity (Wildman–Crippen MR) is 86.4 cm³/mol. The molecule has 1 aromatic heterocycles. The Morgan fingerprint density at radius 1 is 1.05 bits per heavy atom. The molecular weight excluding hydrogens is 346 g/mol. The monoisotopic (exact) mass is 365 g/mol. The minimum atomic E-state index is 0.000807. The normalized spacial score (nSPS) is 19.5. The molecule has 3 rings (SSSR count). The van der Waals surface area contributed by atoms with Gasteiger partial charge in [-0.05, 0) is 47.7 Å². The molecule has 22 heavy (non-hydrogen) atoms. The van der Waals surface area contributed by atoms with Crippen molar-refractivity contribution < 1.29 is 9.59 Å². The number of carbonyl (C=O) groups is 2. The molecule has 0 unspecified atom stereocenters. The Bertz CT molecular complexity index is 564. The van der Waals surface area contributed by atoms with E-state index >= 15 is 0 Å². The van der Waals surface area contributed by atoms with Crippen LogP contribution in [-0.4, -0.2) is 52.8 Å². The molecule has 0 saturated carbocycles.